The number of thiazole rings is 1. The highest BCUT2D eigenvalue weighted by molar-refractivity contribution is 7.89. The van der Waals surface area contributed by atoms with Gasteiger partial charge in [-0.3, -0.25) is 4.98 Å². The van der Waals surface area contributed by atoms with Crippen LogP contribution in [-0.2, 0) is 16.6 Å². The molecule has 0 aliphatic rings. The third-order valence-electron chi connectivity index (χ3n) is 3.83. The average molecular weight is 390 g/mol. The van der Waals surface area contributed by atoms with Crippen molar-refractivity contribution in [2.24, 2.45) is 0 Å². The first-order valence-corrected chi connectivity index (χ1v) is 10.2. The number of hydrogen-bond donors (Lipinski definition) is 1. The first kappa shape index (κ1) is 18.5. The minimum absolute atomic E-state index is 0.134. The third kappa shape index (κ3) is 3.92. The van der Waals surface area contributed by atoms with Gasteiger partial charge in [-0.25, -0.2) is 18.1 Å². The van der Waals surface area contributed by atoms with Crippen molar-refractivity contribution in [2.45, 2.75) is 25.3 Å². The zero-order chi connectivity index (χ0) is 18.7. The molecule has 0 saturated heterocycles. The molecule has 6 nitrogen and oxygen atoms in total. The summed E-state index contributed by atoms with van der Waals surface area (Å²) in [7, 11) is -2.25. The van der Waals surface area contributed by atoms with Crippen molar-refractivity contribution in [1.29, 1.82) is 0 Å². The van der Waals surface area contributed by atoms with Crippen molar-refractivity contribution in [2.75, 3.05) is 7.11 Å². The third-order valence-corrected chi connectivity index (χ3v) is 6.46. The molecule has 0 spiro atoms. The molecule has 2 heterocycles. The van der Waals surface area contributed by atoms with E-state index in [1.807, 2.05) is 32.0 Å². The van der Waals surface area contributed by atoms with Crippen LogP contribution in [0.4, 0.5) is 0 Å². The SMILES string of the molecule is COc1ccc(C)cc1S(=O)(=O)NCc1sc(-c2cccnc2)nc1C. The zero-order valence-electron chi connectivity index (χ0n) is 14.7. The lowest BCUT2D eigenvalue weighted by molar-refractivity contribution is 0.402. The number of sulfonamides is 1. The summed E-state index contributed by atoms with van der Waals surface area (Å²) in [6, 6.07) is 8.84. The maximum atomic E-state index is 12.7. The van der Waals surface area contributed by atoms with Crippen LogP contribution in [0.5, 0.6) is 5.75 Å². The monoisotopic (exact) mass is 389 g/mol. The van der Waals surface area contributed by atoms with Crippen LogP contribution in [0.25, 0.3) is 10.6 Å². The van der Waals surface area contributed by atoms with Crippen LogP contribution in [0.15, 0.2) is 47.6 Å². The molecule has 0 radical (unpaired) electrons. The van der Waals surface area contributed by atoms with E-state index in [9.17, 15) is 8.42 Å². The molecule has 2 aromatic heterocycles. The molecule has 0 fully saturated rings. The predicted molar refractivity (Wildman–Crippen MR) is 102 cm³/mol. The lowest BCUT2D eigenvalue weighted by Gasteiger charge is -2.11. The van der Waals surface area contributed by atoms with Crippen LogP contribution in [0, 0.1) is 13.8 Å². The summed E-state index contributed by atoms with van der Waals surface area (Å²) in [5.41, 5.74) is 2.56. The number of ether oxygens (including phenoxy) is 1. The average Bonchev–Trinajstić information content (AvgIpc) is 3.02. The van der Waals surface area contributed by atoms with E-state index in [1.165, 1.54) is 18.4 Å². The Morgan fingerprint density at radius 3 is 2.73 bits per heavy atom. The minimum atomic E-state index is -3.70. The van der Waals surface area contributed by atoms with E-state index < -0.39 is 10.0 Å². The van der Waals surface area contributed by atoms with E-state index in [1.54, 1.807) is 24.5 Å². The molecule has 3 aromatic rings. The summed E-state index contributed by atoms with van der Waals surface area (Å²) in [4.78, 5) is 9.61. The molecule has 0 amide bonds. The summed E-state index contributed by atoms with van der Waals surface area (Å²) in [5, 5.41) is 0.818. The summed E-state index contributed by atoms with van der Waals surface area (Å²) in [6.07, 6.45) is 3.44. The Hall–Kier alpha value is -2.29. The molecule has 0 bridgehead atoms. The molecule has 1 aromatic carbocycles. The maximum Gasteiger partial charge on any atom is 0.244 e. The van der Waals surface area contributed by atoms with Crippen LogP contribution in [-0.4, -0.2) is 25.5 Å². The van der Waals surface area contributed by atoms with Gasteiger partial charge in [-0.05, 0) is 43.7 Å². The highest BCUT2D eigenvalue weighted by Crippen LogP contribution is 2.28. The van der Waals surface area contributed by atoms with Gasteiger partial charge in [-0.15, -0.1) is 11.3 Å². The largest absolute Gasteiger partial charge is 0.495 e. The van der Waals surface area contributed by atoms with Crippen LogP contribution < -0.4 is 9.46 Å². The van der Waals surface area contributed by atoms with Crippen LogP contribution in [0.3, 0.4) is 0 Å². The summed E-state index contributed by atoms with van der Waals surface area (Å²) >= 11 is 1.45. The second-order valence-electron chi connectivity index (χ2n) is 5.75. The van der Waals surface area contributed by atoms with E-state index in [4.69, 9.17) is 4.74 Å². The van der Waals surface area contributed by atoms with Gasteiger partial charge in [0.1, 0.15) is 15.7 Å². The molecular formula is C18H19N3O3S2. The van der Waals surface area contributed by atoms with Gasteiger partial charge in [0.2, 0.25) is 10.0 Å². The number of benzene rings is 1. The van der Waals surface area contributed by atoms with Crippen molar-refractivity contribution in [3.05, 3.63) is 58.9 Å². The quantitative estimate of drug-likeness (QED) is 0.699. The summed E-state index contributed by atoms with van der Waals surface area (Å²) in [5.74, 6) is 0.320. The Labute approximate surface area is 157 Å². The smallest absolute Gasteiger partial charge is 0.244 e. The molecule has 26 heavy (non-hydrogen) atoms. The Balaban J connectivity index is 1.83. The number of aromatic nitrogens is 2. The molecule has 0 saturated carbocycles. The van der Waals surface area contributed by atoms with E-state index in [2.05, 4.69) is 14.7 Å². The van der Waals surface area contributed by atoms with E-state index in [0.29, 0.717) is 5.75 Å². The normalized spacial score (nSPS) is 11.5. The van der Waals surface area contributed by atoms with Gasteiger partial charge in [0.25, 0.3) is 0 Å². The Kier molecular flexibility index (Phi) is 5.36. The fraction of sp³-hybridized carbons (Fsp3) is 0.222. The Morgan fingerprint density at radius 1 is 1.23 bits per heavy atom. The topological polar surface area (TPSA) is 81.2 Å². The first-order valence-electron chi connectivity index (χ1n) is 7.91. The van der Waals surface area contributed by atoms with Crippen molar-refractivity contribution in [3.63, 3.8) is 0 Å². The number of nitrogens with one attached hydrogen (secondary N) is 1. The highest BCUT2D eigenvalue weighted by Gasteiger charge is 2.20. The molecule has 0 atom stereocenters. The van der Waals surface area contributed by atoms with Gasteiger partial charge in [0.15, 0.2) is 0 Å². The van der Waals surface area contributed by atoms with Gasteiger partial charge in [-0.2, -0.15) is 0 Å². The molecule has 136 valence electrons. The molecule has 0 aliphatic heterocycles. The number of nitrogens with zero attached hydrogens (tertiary/aromatic N) is 2. The summed E-state index contributed by atoms with van der Waals surface area (Å²) in [6.45, 7) is 3.88. The number of pyridine rings is 1. The Morgan fingerprint density at radius 2 is 2.04 bits per heavy atom. The number of aryl methyl sites for hydroxylation is 2. The fourth-order valence-corrected chi connectivity index (χ4v) is 4.77. The second-order valence-corrected chi connectivity index (χ2v) is 8.57. The standard InChI is InChI=1S/C18H19N3O3S2/c1-12-6-7-15(24-3)17(9-12)26(22,23)20-11-16-13(2)21-18(25-16)14-5-4-8-19-10-14/h4-10,20H,11H2,1-3H3. The van der Waals surface area contributed by atoms with Crippen LogP contribution in [0.2, 0.25) is 0 Å². The summed E-state index contributed by atoms with van der Waals surface area (Å²) < 4.78 is 33.3. The lowest BCUT2D eigenvalue weighted by atomic mass is 10.2. The number of rotatable bonds is 6. The van der Waals surface area contributed by atoms with Gasteiger partial charge < -0.3 is 4.74 Å². The molecule has 8 heteroatoms. The van der Waals surface area contributed by atoms with Gasteiger partial charge >= 0.3 is 0 Å². The van der Waals surface area contributed by atoms with Crippen molar-refractivity contribution < 1.29 is 13.2 Å². The molecule has 3 rings (SSSR count). The molecule has 0 unspecified atom stereocenters. The van der Waals surface area contributed by atoms with E-state index >= 15 is 0 Å². The number of hydrogen-bond acceptors (Lipinski definition) is 6. The fourth-order valence-electron chi connectivity index (χ4n) is 2.44. The van der Waals surface area contributed by atoms with Gasteiger partial charge in [-0.1, -0.05) is 6.07 Å². The molecule has 1 N–H and O–H groups in total. The van der Waals surface area contributed by atoms with E-state index in [0.717, 1.165) is 26.7 Å². The van der Waals surface area contributed by atoms with E-state index in [-0.39, 0.29) is 11.4 Å². The molecular weight excluding hydrogens is 370 g/mol. The highest BCUT2D eigenvalue weighted by atomic mass is 32.2. The first-order chi connectivity index (χ1) is 12.4. The second kappa shape index (κ2) is 7.53. The van der Waals surface area contributed by atoms with Gasteiger partial charge in [0, 0.05) is 29.4 Å². The zero-order valence-corrected chi connectivity index (χ0v) is 16.3. The molecule has 0 aliphatic carbocycles. The predicted octanol–water partition coefficient (Wildman–Crippen LogP) is 3.31. The number of methoxy groups -OCH3 is 1. The Bertz CT molecular complexity index is 1020. The lowest BCUT2D eigenvalue weighted by Crippen LogP contribution is -2.23. The minimum Gasteiger partial charge on any atom is -0.495 e. The van der Waals surface area contributed by atoms with Crippen molar-refractivity contribution in [3.8, 4) is 16.3 Å². The van der Waals surface area contributed by atoms with Crippen LogP contribution in [0.1, 0.15) is 16.1 Å². The van der Waals surface area contributed by atoms with Crippen molar-refractivity contribution >= 4 is 21.4 Å². The van der Waals surface area contributed by atoms with Crippen LogP contribution >= 0.6 is 11.3 Å². The van der Waals surface area contributed by atoms with Gasteiger partial charge in [0.05, 0.1) is 12.8 Å². The maximum absolute atomic E-state index is 12.7. The van der Waals surface area contributed by atoms with Crippen molar-refractivity contribution in [1.82, 2.24) is 14.7 Å².